The van der Waals surface area contributed by atoms with E-state index >= 15 is 0 Å². The van der Waals surface area contributed by atoms with Crippen molar-refractivity contribution in [3.8, 4) is 0 Å². The van der Waals surface area contributed by atoms with Crippen LogP contribution in [0.3, 0.4) is 0 Å². The largest absolute Gasteiger partial charge is 0.395 e. The SMILES string of the molecule is CCC(C)(C)NC(=O)C(c1ccc2ncccc2c1)N(Cc1ccccc1)C(=O)c1snc(C(N)=O)c1N. The highest BCUT2D eigenvalue weighted by atomic mass is 32.1. The molecule has 1 unspecified atom stereocenters. The number of carbonyl (C=O) groups is 3. The average Bonchev–Trinajstić information content (AvgIpc) is 3.29. The first-order valence-corrected chi connectivity index (χ1v) is 12.9. The van der Waals surface area contributed by atoms with E-state index in [0.29, 0.717) is 12.0 Å². The highest BCUT2D eigenvalue weighted by molar-refractivity contribution is 7.09. The van der Waals surface area contributed by atoms with Gasteiger partial charge in [-0.1, -0.05) is 49.4 Å². The molecular formula is C28H30N6O3S. The van der Waals surface area contributed by atoms with E-state index < -0.39 is 23.4 Å². The summed E-state index contributed by atoms with van der Waals surface area (Å²) in [5.74, 6) is -1.70. The number of nitrogens with two attached hydrogens (primary N) is 2. The van der Waals surface area contributed by atoms with E-state index in [-0.39, 0.29) is 28.7 Å². The standard InChI is InChI=1S/C28H30N6O3S/c1-4-28(2,3)32-26(36)23(19-12-13-20-18(15-19)11-8-14-31-20)34(16-17-9-6-5-7-10-17)27(37)24-21(29)22(25(30)35)33-38-24/h5-15,23H,4,16,29H2,1-3H3,(H2,30,35)(H,32,36). The zero-order valence-electron chi connectivity index (χ0n) is 21.5. The van der Waals surface area contributed by atoms with E-state index in [1.165, 1.54) is 4.90 Å². The molecule has 2 aromatic carbocycles. The Bertz CT molecular complexity index is 1480. The van der Waals surface area contributed by atoms with E-state index in [4.69, 9.17) is 11.5 Å². The number of aromatic nitrogens is 2. The lowest BCUT2D eigenvalue weighted by Gasteiger charge is -2.34. The third-order valence-electron chi connectivity index (χ3n) is 6.46. The van der Waals surface area contributed by atoms with Crippen LogP contribution in [-0.2, 0) is 11.3 Å². The fourth-order valence-electron chi connectivity index (χ4n) is 4.05. The van der Waals surface area contributed by atoms with Crippen LogP contribution in [0.4, 0.5) is 5.69 Å². The highest BCUT2D eigenvalue weighted by Gasteiger charge is 2.36. The molecule has 2 aromatic heterocycles. The number of hydrogen-bond acceptors (Lipinski definition) is 7. The van der Waals surface area contributed by atoms with Crippen molar-refractivity contribution in [2.24, 2.45) is 5.73 Å². The van der Waals surface area contributed by atoms with Gasteiger partial charge in [0.1, 0.15) is 10.9 Å². The maximum atomic E-state index is 14.1. The summed E-state index contributed by atoms with van der Waals surface area (Å²) in [7, 11) is 0. The molecule has 38 heavy (non-hydrogen) atoms. The lowest BCUT2D eigenvalue weighted by atomic mass is 9.97. The second-order valence-corrected chi connectivity index (χ2v) is 10.4. The number of anilines is 1. The monoisotopic (exact) mass is 530 g/mol. The molecule has 4 rings (SSSR count). The Kier molecular flexibility index (Phi) is 7.72. The first-order valence-electron chi connectivity index (χ1n) is 12.2. The van der Waals surface area contributed by atoms with Crippen molar-refractivity contribution in [1.82, 2.24) is 19.6 Å². The van der Waals surface area contributed by atoms with Crippen LogP contribution >= 0.6 is 11.5 Å². The van der Waals surface area contributed by atoms with Crippen molar-refractivity contribution in [2.45, 2.75) is 45.3 Å². The van der Waals surface area contributed by atoms with Crippen molar-refractivity contribution in [3.05, 3.63) is 88.6 Å². The number of pyridine rings is 1. The minimum atomic E-state index is -1.02. The molecule has 10 heteroatoms. The van der Waals surface area contributed by atoms with Crippen LogP contribution < -0.4 is 16.8 Å². The van der Waals surface area contributed by atoms with Gasteiger partial charge in [-0.15, -0.1) is 0 Å². The summed E-state index contributed by atoms with van der Waals surface area (Å²) in [5, 5.41) is 3.93. The molecule has 0 spiro atoms. The molecule has 0 fully saturated rings. The van der Waals surface area contributed by atoms with Gasteiger partial charge < -0.3 is 21.7 Å². The quantitative estimate of drug-likeness (QED) is 0.298. The number of fused-ring (bicyclic) bond motifs is 1. The number of carbonyl (C=O) groups excluding carboxylic acids is 3. The zero-order chi connectivity index (χ0) is 27.4. The summed E-state index contributed by atoms with van der Waals surface area (Å²) in [4.78, 5) is 45.7. The van der Waals surface area contributed by atoms with Gasteiger partial charge >= 0.3 is 0 Å². The van der Waals surface area contributed by atoms with E-state index in [1.807, 2.05) is 75.4 Å². The maximum Gasteiger partial charge on any atom is 0.270 e. The van der Waals surface area contributed by atoms with Gasteiger partial charge in [0.25, 0.3) is 11.8 Å². The molecule has 196 valence electrons. The topological polar surface area (TPSA) is 144 Å². The van der Waals surface area contributed by atoms with E-state index in [0.717, 1.165) is 28.0 Å². The number of benzene rings is 2. The number of rotatable bonds is 9. The predicted octanol–water partition coefficient (Wildman–Crippen LogP) is 4.06. The number of amides is 3. The fraction of sp³-hybridized carbons (Fsp3) is 0.250. The molecule has 4 aromatic rings. The fourth-order valence-corrected chi connectivity index (χ4v) is 4.81. The zero-order valence-corrected chi connectivity index (χ0v) is 22.3. The highest BCUT2D eigenvalue weighted by Crippen LogP contribution is 2.32. The third-order valence-corrected chi connectivity index (χ3v) is 7.31. The first kappa shape index (κ1) is 26.7. The van der Waals surface area contributed by atoms with E-state index in [1.54, 1.807) is 12.3 Å². The van der Waals surface area contributed by atoms with Crippen molar-refractivity contribution in [3.63, 3.8) is 0 Å². The van der Waals surface area contributed by atoms with Crippen molar-refractivity contribution in [2.75, 3.05) is 5.73 Å². The van der Waals surface area contributed by atoms with Gasteiger partial charge in [-0.3, -0.25) is 19.4 Å². The Morgan fingerprint density at radius 2 is 1.82 bits per heavy atom. The lowest BCUT2D eigenvalue weighted by Crippen LogP contribution is -2.50. The molecule has 3 amide bonds. The van der Waals surface area contributed by atoms with Crippen LogP contribution in [0.2, 0.25) is 0 Å². The summed E-state index contributed by atoms with van der Waals surface area (Å²) < 4.78 is 4.00. The van der Waals surface area contributed by atoms with Gasteiger partial charge in [-0.05, 0) is 61.1 Å². The molecule has 0 bridgehead atoms. The van der Waals surface area contributed by atoms with Gasteiger partial charge in [-0.2, -0.15) is 4.37 Å². The Morgan fingerprint density at radius 3 is 2.47 bits per heavy atom. The Labute approximate surface area is 225 Å². The van der Waals surface area contributed by atoms with Crippen LogP contribution in [0.25, 0.3) is 10.9 Å². The Balaban J connectivity index is 1.88. The van der Waals surface area contributed by atoms with Gasteiger partial charge in [-0.25, -0.2) is 0 Å². The molecule has 5 N–H and O–H groups in total. The molecular weight excluding hydrogens is 500 g/mol. The minimum Gasteiger partial charge on any atom is -0.395 e. The minimum absolute atomic E-state index is 0.0461. The number of primary amides is 1. The number of nitrogen functional groups attached to an aromatic ring is 1. The molecule has 1 atom stereocenters. The Hall–Kier alpha value is -4.31. The number of nitrogens with zero attached hydrogens (tertiary/aromatic N) is 3. The molecule has 0 radical (unpaired) electrons. The van der Waals surface area contributed by atoms with Crippen molar-refractivity contribution >= 4 is 45.8 Å². The van der Waals surface area contributed by atoms with E-state index in [9.17, 15) is 14.4 Å². The second kappa shape index (κ2) is 11.0. The van der Waals surface area contributed by atoms with Gasteiger partial charge in [0.15, 0.2) is 5.69 Å². The van der Waals surface area contributed by atoms with E-state index in [2.05, 4.69) is 14.7 Å². The normalized spacial score (nSPS) is 12.2. The summed E-state index contributed by atoms with van der Waals surface area (Å²) in [6, 6.07) is 17.5. The van der Waals surface area contributed by atoms with Crippen LogP contribution in [-0.4, -0.2) is 37.5 Å². The van der Waals surface area contributed by atoms with Crippen molar-refractivity contribution < 1.29 is 14.4 Å². The Morgan fingerprint density at radius 1 is 1.08 bits per heavy atom. The van der Waals surface area contributed by atoms with Crippen LogP contribution in [0.15, 0.2) is 66.9 Å². The van der Waals surface area contributed by atoms with Gasteiger partial charge in [0.2, 0.25) is 5.91 Å². The molecule has 0 aliphatic heterocycles. The molecule has 0 aliphatic carbocycles. The molecule has 9 nitrogen and oxygen atoms in total. The van der Waals surface area contributed by atoms with Crippen LogP contribution in [0.1, 0.15) is 64.5 Å². The number of hydrogen-bond donors (Lipinski definition) is 3. The second-order valence-electron chi connectivity index (χ2n) is 9.64. The van der Waals surface area contributed by atoms with Gasteiger partial charge in [0.05, 0.1) is 11.2 Å². The average molecular weight is 531 g/mol. The molecule has 2 heterocycles. The predicted molar refractivity (Wildman–Crippen MR) is 148 cm³/mol. The third kappa shape index (κ3) is 5.65. The summed E-state index contributed by atoms with van der Waals surface area (Å²) in [6.07, 6.45) is 2.38. The molecule has 0 saturated carbocycles. The van der Waals surface area contributed by atoms with Crippen molar-refractivity contribution in [1.29, 1.82) is 0 Å². The van der Waals surface area contributed by atoms with Gasteiger partial charge in [0, 0.05) is 23.7 Å². The van der Waals surface area contributed by atoms with Crippen LogP contribution in [0.5, 0.6) is 0 Å². The summed E-state index contributed by atoms with van der Waals surface area (Å²) >= 11 is 0.787. The first-order chi connectivity index (χ1) is 18.1. The maximum absolute atomic E-state index is 14.1. The lowest BCUT2D eigenvalue weighted by molar-refractivity contribution is -0.127. The summed E-state index contributed by atoms with van der Waals surface area (Å²) in [5.41, 5.74) is 12.9. The molecule has 0 saturated heterocycles. The molecule has 0 aliphatic rings. The summed E-state index contributed by atoms with van der Waals surface area (Å²) in [6.45, 7) is 5.94. The van der Waals surface area contributed by atoms with Crippen LogP contribution in [0, 0.1) is 0 Å². The number of nitrogens with one attached hydrogen (secondary N) is 1. The smallest absolute Gasteiger partial charge is 0.270 e.